The van der Waals surface area contributed by atoms with Crippen molar-refractivity contribution < 1.29 is 8.42 Å². The number of rotatable bonds is 3. The Morgan fingerprint density at radius 1 is 1.00 bits per heavy atom. The summed E-state index contributed by atoms with van der Waals surface area (Å²) in [5, 5.41) is 0.397. The van der Waals surface area contributed by atoms with Gasteiger partial charge in [-0.25, -0.2) is 8.42 Å². The van der Waals surface area contributed by atoms with Crippen LogP contribution in [0, 0.1) is 13.8 Å². The zero-order valence-electron chi connectivity index (χ0n) is 10.9. The maximum absolute atomic E-state index is 12.4. The molecule has 0 aliphatic heterocycles. The number of benzene rings is 2. The summed E-state index contributed by atoms with van der Waals surface area (Å²) in [5.41, 5.74) is 2.00. The van der Waals surface area contributed by atoms with E-state index >= 15 is 0 Å². The largest absolute Gasteiger partial charge is 0.572 e. The van der Waals surface area contributed by atoms with Gasteiger partial charge < -0.3 is 4.72 Å². The molecule has 0 atom stereocenters. The molecule has 0 heterocycles. The van der Waals surface area contributed by atoms with Crippen molar-refractivity contribution in [1.82, 2.24) is 0 Å². The van der Waals surface area contributed by atoms with Crippen LogP contribution in [0.15, 0.2) is 41.3 Å². The number of halogens is 2. The van der Waals surface area contributed by atoms with E-state index in [0.29, 0.717) is 10.7 Å². The predicted molar refractivity (Wildman–Crippen MR) is 82.6 cm³/mol. The summed E-state index contributed by atoms with van der Waals surface area (Å²) in [7, 11) is -3.90. The molecule has 2 aromatic carbocycles. The molecule has 6 heteroatoms. The second kappa shape index (κ2) is 5.64. The standard InChI is InChI=1S/C14H12Cl2NO2S/c1-9-4-3-5-10(2)14(9)17-20(18,19)13-8-11(15)6-7-12(13)16/h3-8H,1-2H3/q-1. The van der Waals surface area contributed by atoms with Gasteiger partial charge in [-0.15, -0.1) is 5.69 Å². The molecule has 2 aromatic rings. The lowest BCUT2D eigenvalue weighted by Crippen LogP contribution is -2.00. The third-order valence-electron chi connectivity index (χ3n) is 2.82. The van der Waals surface area contributed by atoms with Crippen molar-refractivity contribution >= 4 is 38.9 Å². The molecule has 0 spiro atoms. The Hall–Kier alpha value is -1.23. The molecule has 0 N–H and O–H groups in total. The Bertz CT molecular complexity index is 738. The number of aryl methyl sites for hydroxylation is 2. The van der Waals surface area contributed by atoms with E-state index in [1.165, 1.54) is 18.2 Å². The molecule has 0 bridgehead atoms. The van der Waals surface area contributed by atoms with Gasteiger partial charge in [-0.05, 0) is 32.0 Å². The van der Waals surface area contributed by atoms with Crippen LogP contribution in [0.25, 0.3) is 4.72 Å². The van der Waals surface area contributed by atoms with Crippen molar-refractivity contribution in [2.24, 2.45) is 0 Å². The highest BCUT2D eigenvalue weighted by Crippen LogP contribution is 2.36. The average Bonchev–Trinajstić information content (AvgIpc) is 2.37. The molecule has 106 valence electrons. The molecule has 0 saturated carbocycles. The second-order valence-corrected chi connectivity index (χ2v) is 6.80. The lowest BCUT2D eigenvalue weighted by molar-refractivity contribution is 0.603. The van der Waals surface area contributed by atoms with E-state index < -0.39 is 10.0 Å². The first kappa shape index (κ1) is 15.2. The van der Waals surface area contributed by atoms with Gasteiger partial charge in [0, 0.05) is 5.02 Å². The molecule has 3 nitrogen and oxygen atoms in total. The van der Waals surface area contributed by atoms with Crippen LogP contribution in [0.5, 0.6) is 0 Å². The molecule has 0 aromatic heterocycles. The van der Waals surface area contributed by atoms with E-state index in [1.54, 1.807) is 26.0 Å². The van der Waals surface area contributed by atoms with E-state index in [-0.39, 0.29) is 9.92 Å². The lowest BCUT2D eigenvalue weighted by atomic mass is 10.1. The van der Waals surface area contributed by atoms with Crippen molar-refractivity contribution in [1.29, 1.82) is 0 Å². The fraction of sp³-hybridized carbons (Fsp3) is 0.143. The fourth-order valence-electron chi connectivity index (χ4n) is 1.79. The number of nitrogens with zero attached hydrogens (tertiary/aromatic N) is 1. The van der Waals surface area contributed by atoms with Crippen LogP contribution in [0.1, 0.15) is 11.1 Å². The van der Waals surface area contributed by atoms with Crippen LogP contribution in [-0.4, -0.2) is 8.42 Å². The second-order valence-electron chi connectivity index (χ2n) is 4.38. The average molecular weight is 329 g/mol. The van der Waals surface area contributed by atoms with Crippen LogP contribution in [0.4, 0.5) is 5.69 Å². The molecule has 0 radical (unpaired) electrons. The first-order chi connectivity index (χ1) is 9.31. The zero-order valence-corrected chi connectivity index (χ0v) is 13.2. The highest BCUT2D eigenvalue weighted by molar-refractivity contribution is 7.94. The Morgan fingerprint density at radius 3 is 2.20 bits per heavy atom. The van der Waals surface area contributed by atoms with E-state index in [9.17, 15) is 8.42 Å². The van der Waals surface area contributed by atoms with Crippen LogP contribution in [-0.2, 0) is 10.0 Å². The molecule has 0 unspecified atom stereocenters. The van der Waals surface area contributed by atoms with Crippen molar-refractivity contribution in [3.8, 4) is 0 Å². The van der Waals surface area contributed by atoms with Crippen molar-refractivity contribution in [3.63, 3.8) is 0 Å². The van der Waals surface area contributed by atoms with Gasteiger partial charge in [0.1, 0.15) is 10.0 Å². The highest BCUT2D eigenvalue weighted by atomic mass is 35.5. The van der Waals surface area contributed by atoms with Gasteiger partial charge in [0.2, 0.25) is 0 Å². The third-order valence-corrected chi connectivity index (χ3v) is 4.82. The SMILES string of the molecule is Cc1cccc(C)c1[N-]S(=O)(=O)c1cc(Cl)ccc1Cl. The van der Waals surface area contributed by atoms with Gasteiger partial charge in [0.25, 0.3) is 0 Å². The Balaban J connectivity index is 2.49. The van der Waals surface area contributed by atoms with Gasteiger partial charge in [-0.2, -0.15) is 0 Å². The Kier molecular flexibility index (Phi) is 4.28. The summed E-state index contributed by atoms with van der Waals surface area (Å²) >= 11 is 11.8. The maximum Gasteiger partial charge on any atom is 0.124 e. The van der Waals surface area contributed by atoms with Crippen molar-refractivity contribution in [3.05, 3.63) is 62.3 Å². The van der Waals surface area contributed by atoms with E-state index in [1.807, 2.05) is 6.07 Å². The minimum atomic E-state index is -3.90. The first-order valence-electron chi connectivity index (χ1n) is 5.80. The fourth-order valence-corrected chi connectivity index (χ4v) is 3.66. The van der Waals surface area contributed by atoms with Gasteiger partial charge >= 0.3 is 0 Å². The summed E-state index contributed by atoms with van der Waals surface area (Å²) in [6.45, 7) is 3.61. The first-order valence-corrected chi connectivity index (χ1v) is 8.00. The predicted octanol–water partition coefficient (Wildman–Crippen LogP) is 5.00. The van der Waals surface area contributed by atoms with Crippen LogP contribution < -0.4 is 0 Å². The molecular formula is C14H12Cl2NO2S-. The van der Waals surface area contributed by atoms with E-state index in [4.69, 9.17) is 23.2 Å². The van der Waals surface area contributed by atoms with Gasteiger partial charge in [0.05, 0.1) is 9.92 Å². The topological polar surface area (TPSA) is 48.2 Å². The van der Waals surface area contributed by atoms with Gasteiger partial charge in [0.15, 0.2) is 0 Å². The molecule has 2 rings (SSSR count). The van der Waals surface area contributed by atoms with Crippen molar-refractivity contribution in [2.75, 3.05) is 0 Å². The molecule has 0 fully saturated rings. The summed E-state index contributed by atoms with van der Waals surface area (Å²) in [4.78, 5) is -0.0886. The monoisotopic (exact) mass is 328 g/mol. The summed E-state index contributed by atoms with van der Waals surface area (Å²) < 4.78 is 28.6. The minimum Gasteiger partial charge on any atom is -0.572 e. The molecule has 0 saturated heterocycles. The molecule has 20 heavy (non-hydrogen) atoms. The van der Waals surface area contributed by atoms with Gasteiger partial charge in [-0.3, -0.25) is 0 Å². The zero-order chi connectivity index (χ0) is 14.9. The number of hydrogen-bond acceptors (Lipinski definition) is 2. The van der Waals surface area contributed by atoms with Crippen LogP contribution >= 0.6 is 23.2 Å². The van der Waals surface area contributed by atoms with E-state index in [0.717, 1.165) is 11.1 Å². The van der Waals surface area contributed by atoms with E-state index in [2.05, 4.69) is 4.72 Å². The van der Waals surface area contributed by atoms with Gasteiger partial charge in [-0.1, -0.05) is 52.5 Å². The number of hydrogen-bond donors (Lipinski definition) is 0. The minimum absolute atomic E-state index is 0.0886. The quantitative estimate of drug-likeness (QED) is 0.795. The highest BCUT2D eigenvalue weighted by Gasteiger charge is 2.11. The third kappa shape index (κ3) is 3.08. The van der Waals surface area contributed by atoms with Crippen molar-refractivity contribution in [2.45, 2.75) is 18.7 Å². The van der Waals surface area contributed by atoms with Crippen LogP contribution in [0.3, 0.4) is 0 Å². The maximum atomic E-state index is 12.4. The summed E-state index contributed by atoms with van der Waals surface area (Å²) in [5.74, 6) is 0. The Morgan fingerprint density at radius 2 is 1.60 bits per heavy atom. The smallest absolute Gasteiger partial charge is 0.124 e. The molecule has 0 aliphatic carbocycles. The lowest BCUT2D eigenvalue weighted by Gasteiger charge is -2.26. The van der Waals surface area contributed by atoms with Crippen LogP contribution in [0.2, 0.25) is 10.0 Å². The molecular weight excluding hydrogens is 317 g/mol. The molecule has 0 aliphatic rings. The number of sulfonamides is 1. The summed E-state index contributed by atoms with van der Waals surface area (Å²) in [6.07, 6.45) is 0. The molecule has 0 amide bonds. The Labute approximate surface area is 128 Å². The normalized spacial score (nSPS) is 11.4. The summed E-state index contributed by atoms with van der Waals surface area (Å²) in [6, 6.07) is 9.74.